The van der Waals surface area contributed by atoms with Crippen molar-refractivity contribution in [3.8, 4) is 21.9 Å². The molecule has 0 spiro atoms. The number of rotatable bonds is 8. The van der Waals surface area contributed by atoms with E-state index in [1.54, 1.807) is 23.1 Å². The van der Waals surface area contributed by atoms with Crippen LogP contribution in [-0.4, -0.2) is 51.3 Å². The summed E-state index contributed by atoms with van der Waals surface area (Å²) in [5.74, 6) is 0.298. The molecule has 3 aromatic rings. The van der Waals surface area contributed by atoms with Crippen LogP contribution in [0.15, 0.2) is 48.5 Å². The molecule has 1 aliphatic heterocycles. The van der Waals surface area contributed by atoms with Crippen molar-refractivity contribution in [2.75, 3.05) is 30.6 Å². The number of aliphatic hydroxyl groups is 1. The number of hydrogen-bond donors (Lipinski definition) is 1. The van der Waals surface area contributed by atoms with Crippen LogP contribution in [0.4, 0.5) is 5.69 Å². The van der Waals surface area contributed by atoms with Crippen molar-refractivity contribution in [2.45, 2.75) is 12.6 Å². The van der Waals surface area contributed by atoms with E-state index in [2.05, 4.69) is 40.8 Å². The number of methoxy groups -OCH3 is 1. The number of anilines is 1. The van der Waals surface area contributed by atoms with Gasteiger partial charge in [-0.1, -0.05) is 12.1 Å². The van der Waals surface area contributed by atoms with Crippen LogP contribution in [0, 0.1) is 3.57 Å². The first-order chi connectivity index (χ1) is 15.6. The highest BCUT2D eigenvalue weighted by Gasteiger charge is 2.32. The molecule has 2 heterocycles. The van der Waals surface area contributed by atoms with Crippen LogP contribution in [0.25, 0.3) is 10.4 Å². The molecule has 0 bridgehead atoms. The molecule has 0 unspecified atom stereocenters. The molecule has 174 valence electrons. The Labute approximate surface area is 210 Å². The number of aliphatic hydroxyl groups excluding tert-OH is 1. The number of carbonyl (C=O) groups excluding carboxylic acids is 1. The second-order valence-corrected chi connectivity index (χ2v) is 12.2. The molecule has 33 heavy (non-hydrogen) atoms. The minimum Gasteiger partial charge on any atom is -0.493 e. The molecule has 0 aliphatic carbocycles. The molecule has 7 nitrogen and oxygen atoms in total. The molecule has 1 N–H and O–H groups in total. The number of amides is 1. The predicted octanol–water partition coefficient (Wildman–Crippen LogP) is 3.97. The maximum absolute atomic E-state index is 13.1. The Bertz CT molecular complexity index is 1290. The molecule has 4 rings (SSSR count). The third-order valence-electron chi connectivity index (χ3n) is 5.09. The van der Waals surface area contributed by atoms with E-state index in [0.717, 1.165) is 30.7 Å². The van der Waals surface area contributed by atoms with Gasteiger partial charge in [0.05, 0.1) is 24.3 Å². The maximum atomic E-state index is 13.1. The lowest BCUT2D eigenvalue weighted by Crippen LogP contribution is -2.26. The van der Waals surface area contributed by atoms with Crippen molar-refractivity contribution in [1.29, 1.82) is 0 Å². The Balaban J connectivity index is 1.49. The highest BCUT2D eigenvalue weighted by atomic mass is 127. The lowest BCUT2D eigenvalue weighted by molar-refractivity contribution is 0.1000. The zero-order valence-electron chi connectivity index (χ0n) is 17.9. The first kappa shape index (κ1) is 24.0. The zero-order chi connectivity index (χ0) is 23.8. The molecule has 0 radical (unpaired) electrons. The summed E-state index contributed by atoms with van der Waals surface area (Å²) in [6.07, 6.45) is -0.0937. The van der Waals surface area contributed by atoms with Gasteiger partial charge in [-0.15, -0.1) is 11.3 Å². The van der Waals surface area contributed by atoms with Gasteiger partial charge in [0.15, 0.2) is 11.5 Å². The smallest absolute Gasteiger partial charge is 0.269 e. The van der Waals surface area contributed by atoms with E-state index in [1.165, 1.54) is 18.4 Å². The predicted molar refractivity (Wildman–Crippen MR) is 137 cm³/mol. The summed E-state index contributed by atoms with van der Waals surface area (Å²) in [5, 5.41) is 9.87. The van der Waals surface area contributed by atoms with Crippen LogP contribution in [0.5, 0.6) is 11.5 Å². The lowest BCUT2D eigenvalue weighted by Gasteiger charge is -2.19. The van der Waals surface area contributed by atoms with E-state index in [0.29, 0.717) is 23.7 Å². The molecule has 10 heteroatoms. The zero-order valence-corrected chi connectivity index (χ0v) is 21.7. The number of fused-ring (bicyclic) bond motifs is 1. The number of benzene rings is 2. The van der Waals surface area contributed by atoms with E-state index in [-0.39, 0.29) is 18.3 Å². The summed E-state index contributed by atoms with van der Waals surface area (Å²) in [5.41, 5.74) is 2.75. The van der Waals surface area contributed by atoms with Gasteiger partial charge in [0.1, 0.15) is 22.5 Å². The minimum atomic E-state index is -3.32. The largest absolute Gasteiger partial charge is 0.493 e. The summed E-state index contributed by atoms with van der Waals surface area (Å²) in [6, 6.07) is 15.4. The van der Waals surface area contributed by atoms with Crippen molar-refractivity contribution in [1.82, 2.24) is 0 Å². The summed E-state index contributed by atoms with van der Waals surface area (Å²) in [4.78, 5) is 16.6. The fraction of sp³-hybridized carbons (Fsp3) is 0.261. The number of thiophene rings is 1. The van der Waals surface area contributed by atoms with Gasteiger partial charge in [-0.25, -0.2) is 8.42 Å². The molecule has 2 aromatic carbocycles. The van der Waals surface area contributed by atoms with E-state index in [9.17, 15) is 18.3 Å². The standard InChI is InChI=1S/C23H22INO6S2/c1-30-20-10-17(7-8-19(20)31-12-18(26)13-33(2,28)29)25-11-15-9-21(32-22(15)23(25)27)14-3-5-16(24)6-4-14/h3-10,18,26H,11-13H2,1-2H3/t18-/m0/s1. The Morgan fingerprint density at radius 3 is 2.52 bits per heavy atom. The van der Waals surface area contributed by atoms with Crippen LogP contribution in [0.2, 0.25) is 0 Å². The van der Waals surface area contributed by atoms with Gasteiger partial charge in [-0.05, 0) is 64.0 Å². The number of nitrogens with zero attached hydrogens (tertiary/aromatic N) is 1. The number of ether oxygens (including phenoxy) is 2. The molecule has 0 fully saturated rings. The van der Waals surface area contributed by atoms with Crippen LogP contribution in [-0.2, 0) is 16.4 Å². The van der Waals surface area contributed by atoms with Crippen molar-refractivity contribution in [3.05, 3.63) is 62.5 Å². The second-order valence-electron chi connectivity index (χ2n) is 7.76. The number of halogens is 1. The van der Waals surface area contributed by atoms with Gasteiger partial charge < -0.3 is 19.5 Å². The fourth-order valence-electron chi connectivity index (χ4n) is 3.58. The van der Waals surface area contributed by atoms with Crippen molar-refractivity contribution < 1.29 is 27.8 Å². The number of carbonyl (C=O) groups is 1. The van der Waals surface area contributed by atoms with Gasteiger partial charge in [-0.2, -0.15) is 0 Å². The van der Waals surface area contributed by atoms with Crippen LogP contribution in [0.1, 0.15) is 15.2 Å². The average Bonchev–Trinajstić information content (AvgIpc) is 3.31. The highest BCUT2D eigenvalue weighted by molar-refractivity contribution is 14.1. The van der Waals surface area contributed by atoms with Crippen LogP contribution in [0.3, 0.4) is 0 Å². The van der Waals surface area contributed by atoms with Crippen LogP contribution >= 0.6 is 33.9 Å². The molecular weight excluding hydrogens is 577 g/mol. The van der Waals surface area contributed by atoms with Gasteiger partial charge in [0.2, 0.25) is 0 Å². The molecule has 0 saturated carbocycles. The highest BCUT2D eigenvalue weighted by Crippen LogP contribution is 2.40. The van der Waals surface area contributed by atoms with Gasteiger partial charge >= 0.3 is 0 Å². The molecule has 1 amide bonds. The summed E-state index contributed by atoms with van der Waals surface area (Å²) < 4.78 is 34.7. The van der Waals surface area contributed by atoms with E-state index in [1.807, 2.05) is 12.1 Å². The molecular formula is C23H22INO6S2. The number of sulfone groups is 1. The third kappa shape index (κ3) is 5.51. The van der Waals surface area contributed by atoms with Crippen molar-refractivity contribution >= 4 is 55.4 Å². The molecule has 1 aliphatic rings. The molecule has 0 saturated heterocycles. The first-order valence-electron chi connectivity index (χ1n) is 10.0. The quantitative estimate of drug-likeness (QED) is 0.394. The topological polar surface area (TPSA) is 93.1 Å². The Kier molecular flexibility index (Phi) is 6.99. The Morgan fingerprint density at radius 2 is 1.88 bits per heavy atom. The normalized spacial score (nSPS) is 14.3. The maximum Gasteiger partial charge on any atom is 0.269 e. The molecule has 1 atom stereocenters. The minimum absolute atomic E-state index is 0.0638. The fourth-order valence-corrected chi connectivity index (χ4v) is 5.87. The van der Waals surface area contributed by atoms with Gasteiger partial charge in [0.25, 0.3) is 5.91 Å². The lowest BCUT2D eigenvalue weighted by atomic mass is 10.1. The van der Waals surface area contributed by atoms with E-state index in [4.69, 9.17) is 9.47 Å². The Morgan fingerprint density at radius 1 is 1.15 bits per heavy atom. The monoisotopic (exact) mass is 599 g/mol. The summed E-state index contributed by atoms with van der Waals surface area (Å²) >= 11 is 3.76. The van der Waals surface area contributed by atoms with Crippen LogP contribution < -0.4 is 14.4 Å². The summed E-state index contributed by atoms with van der Waals surface area (Å²) in [6.45, 7) is 0.273. The van der Waals surface area contributed by atoms with Crippen molar-refractivity contribution in [3.63, 3.8) is 0 Å². The van der Waals surface area contributed by atoms with Gasteiger partial charge in [-0.3, -0.25) is 4.79 Å². The third-order valence-corrected chi connectivity index (χ3v) is 8.01. The van der Waals surface area contributed by atoms with E-state index < -0.39 is 15.9 Å². The van der Waals surface area contributed by atoms with Gasteiger partial charge in [0, 0.05) is 26.5 Å². The van der Waals surface area contributed by atoms with E-state index >= 15 is 0 Å². The second kappa shape index (κ2) is 9.61. The van der Waals surface area contributed by atoms with Crippen molar-refractivity contribution in [2.24, 2.45) is 0 Å². The SMILES string of the molecule is COc1cc(N2Cc3cc(-c4ccc(I)cc4)sc3C2=O)ccc1OC[C@H](O)CS(C)(=O)=O. The Hall–Kier alpha value is -2.15. The molecule has 1 aromatic heterocycles. The first-order valence-corrected chi connectivity index (χ1v) is 14.0. The average molecular weight is 599 g/mol. The number of hydrogen-bond acceptors (Lipinski definition) is 7. The summed E-state index contributed by atoms with van der Waals surface area (Å²) in [7, 11) is -1.83.